The normalized spacial score (nSPS) is 14.0. The summed E-state index contributed by atoms with van der Waals surface area (Å²) >= 11 is 5.58. The lowest BCUT2D eigenvalue weighted by molar-refractivity contribution is 0.620. The molecule has 0 amide bonds. The van der Waals surface area contributed by atoms with Crippen LogP contribution in [-0.2, 0) is 0 Å². The van der Waals surface area contributed by atoms with Crippen LogP contribution in [-0.4, -0.2) is 0 Å². The molecule has 0 fully saturated rings. The van der Waals surface area contributed by atoms with Crippen molar-refractivity contribution in [3.63, 3.8) is 0 Å². The highest BCUT2D eigenvalue weighted by Crippen LogP contribution is 2.17. The first-order valence-electron chi connectivity index (χ1n) is 1.01. The summed E-state index contributed by atoms with van der Waals surface area (Å²) in [7, 11) is 0. The van der Waals surface area contributed by atoms with Gasteiger partial charge in [0.25, 0.3) is 0 Å². The standard InChI is InChI=1S/C2ClF2I/c3-1(4)2(5)6/b2-1+. The third-order valence-electron chi connectivity index (χ3n) is 0.143. The maximum atomic E-state index is 11.2. The lowest BCUT2D eigenvalue weighted by Crippen LogP contribution is -1.51. The van der Waals surface area contributed by atoms with E-state index in [4.69, 9.17) is 0 Å². The number of hydrogen-bond acceptors (Lipinski definition) is 0. The molecule has 4 heteroatoms. The minimum Gasteiger partial charge on any atom is -0.196 e. The highest BCUT2D eigenvalue weighted by Gasteiger charge is 1.92. The molecule has 0 unspecified atom stereocenters. The van der Waals surface area contributed by atoms with E-state index in [9.17, 15) is 8.78 Å². The van der Waals surface area contributed by atoms with E-state index in [1.807, 2.05) is 0 Å². The van der Waals surface area contributed by atoms with Crippen LogP contribution < -0.4 is 0 Å². The Morgan fingerprint density at radius 1 is 1.50 bits per heavy atom. The molecule has 0 aromatic heterocycles. The smallest absolute Gasteiger partial charge is 0.196 e. The van der Waals surface area contributed by atoms with Gasteiger partial charge in [-0.25, -0.2) is 0 Å². The molecule has 0 spiro atoms. The van der Waals surface area contributed by atoms with Gasteiger partial charge < -0.3 is 0 Å². The minimum atomic E-state index is -1.28. The second-order valence-corrected chi connectivity index (χ2v) is 1.80. The van der Waals surface area contributed by atoms with E-state index in [-0.39, 0.29) is 0 Å². The molecule has 0 heterocycles. The summed E-state index contributed by atoms with van der Waals surface area (Å²) in [5.41, 5.74) is 0. The first-order valence-corrected chi connectivity index (χ1v) is 2.46. The average Bonchev–Trinajstić information content (AvgIpc) is 1.36. The molecule has 36 valence electrons. The molecule has 0 saturated carbocycles. The topological polar surface area (TPSA) is 0 Å². The highest BCUT2D eigenvalue weighted by molar-refractivity contribution is 14.1. The number of hydrogen-bond donors (Lipinski definition) is 0. The summed E-state index contributed by atoms with van der Waals surface area (Å²) in [5, 5.41) is -1.28. The van der Waals surface area contributed by atoms with E-state index in [1.165, 1.54) is 0 Å². The maximum Gasteiger partial charge on any atom is 0.231 e. The Kier molecular flexibility index (Phi) is 3.02. The van der Waals surface area contributed by atoms with E-state index in [1.54, 1.807) is 0 Å². The van der Waals surface area contributed by atoms with Gasteiger partial charge in [-0.3, -0.25) is 0 Å². The molecule has 0 aromatic rings. The Hall–Kier alpha value is 0.620. The third kappa shape index (κ3) is 2.84. The fourth-order valence-electron chi connectivity index (χ4n) is 0. The zero-order chi connectivity index (χ0) is 5.15. The summed E-state index contributed by atoms with van der Waals surface area (Å²) in [4.78, 5) is 0. The van der Waals surface area contributed by atoms with Gasteiger partial charge in [-0.15, -0.1) is 0 Å². The largest absolute Gasteiger partial charge is 0.231 e. The predicted molar refractivity (Wildman–Crippen MR) is 29.1 cm³/mol. The third-order valence-corrected chi connectivity index (χ3v) is 1.10. The van der Waals surface area contributed by atoms with Crippen molar-refractivity contribution >= 4 is 34.2 Å². The van der Waals surface area contributed by atoms with Crippen molar-refractivity contribution in [2.24, 2.45) is 0 Å². The summed E-state index contributed by atoms with van der Waals surface area (Å²) in [6, 6.07) is 0. The van der Waals surface area contributed by atoms with Crippen molar-refractivity contribution in [1.29, 1.82) is 0 Å². The lowest BCUT2D eigenvalue weighted by atomic mass is 11.2. The molecule has 0 bridgehead atoms. The van der Waals surface area contributed by atoms with E-state index in [0.717, 1.165) is 22.6 Å². The van der Waals surface area contributed by atoms with Gasteiger partial charge in [0.1, 0.15) is 0 Å². The fraction of sp³-hybridized carbons (Fsp3) is 0. The summed E-state index contributed by atoms with van der Waals surface area (Å²) in [6.07, 6.45) is 0. The number of halogens is 4. The molecule has 0 saturated heterocycles. The van der Waals surface area contributed by atoms with Crippen molar-refractivity contribution in [2.45, 2.75) is 0 Å². The molecule has 0 aliphatic rings. The summed E-state index contributed by atoms with van der Waals surface area (Å²) < 4.78 is 21.3. The van der Waals surface area contributed by atoms with Gasteiger partial charge in [0.05, 0.1) is 0 Å². The quantitative estimate of drug-likeness (QED) is 0.555. The lowest BCUT2D eigenvalue weighted by Gasteiger charge is -1.73. The van der Waals surface area contributed by atoms with Crippen LogP contribution in [0.4, 0.5) is 8.78 Å². The molecule has 0 atom stereocenters. The van der Waals surface area contributed by atoms with Crippen molar-refractivity contribution < 1.29 is 8.78 Å². The molecular weight excluding hydrogens is 224 g/mol. The van der Waals surface area contributed by atoms with Gasteiger partial charge in [-0.2, -0.15) is 8.78 Å². The molecule has 0 N–H and O–H groups in total. The van der Waals surface area contributed by atoms with Gasteiger partial charge in [-0.1, -0.05) is 0 Å². The van der Waals surface area contributed by atoms with Gasteiger partial charge in [0.2, 0.25) is 9.12 Å². The van der Waals surface area contributed by atoms with Crippen molar-refractivity contribution in [1.82, 2.24) is 0 Å². The van der Waals surface area contributed by atoms with E-state index < -0.39 is 9.12 Å². The molecule has 0 aromatic carbocycles. The van der Waals surface area contributed by atoms with Gasteiger partial charge in [-0.05, 0) is 34.2 Å². The van der Waals surface area contributed by atoms with Crippen LogP contribution in [0.25, 0.3) is 0 Å². The van der Waals surface area contributed by atoms with Crippen LogP contribution in [0.15, 0.2) is 9.12 Å². The molecule has 0 nitrogen and oxygen atoms in total. The monoisotopic (exact) mass is 224 g/mol. The zero-order valence-electron chi connectivity index (χ0n) is 2.51. The Bertz CT molecular complexity index is 61.6. The first-order chi connectivity index (χ1) is 2.64. The molecule has 0 aliphatic heterocycles. The van der Waals surface area contributed by atoms with Gasteiger partial charge in [0, 0.05) is 0 Å². The number of rotatable bonds is 0. The summed E-state index contributed by atoms with van der Waals surface area (Å²) in [6.45, 7) is 0. The maximum absolute atomic E-state index is 11.2. The van der Waals surface area contributed by atoms with Crippen LogP contribution >= 0.6 is 34.2 Å². The van der Waals surface area contributed by atoms with Crippen LogP contribution in [0, 0.1) is 0 Å². The molecular formula is C2ClF2I. The molecule has 0 radical (unpaired) electrons. The van der Waals surface area contributed by atoms with Gasteiger partial charge >= 0.3 is 0 Å². The Labute approximate surface area is 52.3 Å². The predicted octanol–water partition coefficient (Wildman–Crippen LogP) is 2.73. The Balaban J connectivity index is 3.68. The van der Waals surface area contributed by atoms with E-state index in [2.05, 4.69) is 11.6 Å². The van der Waals surface area contributed by atoms with Crippen LogP contribution in [0.5, 0.6) is 0 Å². The second kappa shape index (κ2) is 2.74. The van der Waals surface area contributed by atoms with Gasteiger partial charge in [0.15, 0.2) is 0 Å². The average molecular weight is 224 g/mol. The zero-order valence-corrected chi connectivity index (χ0v) is 5.43. The van der Waals surface area contributed by atoms with Crippen molar-refractivity contribution in [2.75, 3.05) is 0 Å². The molecule has 0 rings (SSSR count). The van der Waals surface area contributed by atoms with E-state index >= 15 is 0 Å². The van der Waals surface area contributed by atoms with Crippen molar-refractivity contribution in [3.8, 4) is 0 Å². The molecule has 6 heavy (non-hydrogen) atoms. The van der Waals surface area contributed by atoms with Crippen molar-refractivity contribution in [3.05, 3.63) is 9.12 Å². The van der Waals surface area contributed by atoms with Crippen LogP contribution in [0.3, 0.4) is 0 Å². The fourth-order valence-corrected chi connectivity index (χ4v) is 0. The SMILES string of the molecule is F/C(Cl)=C(\F)I. The highest BCUT2D eigenvalue weighted by atomic mass is 127. The Morgan fingerprint density at radius 2 is 1.67 bits per heavy atom. The summed E-state index contributed by atoms with van der Waals surface area (Å²) in [5.74, 6) is 0. The van der Waals surface area contributed by atoms with Crippen LogP contribution in [0.2, 0.25) is 0 Å². The minimum absolute atomic E-state index is 1.01. The van der Waals surface area contributed by atoms with Crippen LogP contribution in [0.1, 0.15) is 0 Å². The van der Waals surface area contributed by atoms with E-state index in [0.29, 0.717) is 0 Å². The first kappa shape index (κ1) is 6.62. The molecule has 0 aliphatic carbocycles. The Morgan fingerprint density at radius 3 is 1.67 bits per heavy atom. The second-order valence-electron chi connectivity index (χ2n) is 0.521.